The Bertz CT molecular complexity index is 854. The third-order valence-electron chi connectivity index (χ3n) is 3.10. The highest BCUT2D eigenvalue weighted by molar-refractivity contribution is 5.74. The van der Waals surface area contributed by atoms with Gasteiger partial charge in [0.15, 0.2) is 11.6 Å². The molecule has 0 fully saturated rings. The lowest BCUT2D eigenvalue weighted by Crippen LogP contribution is -2.04. The van der Waals surface area contributed by atoms with Gasteiger partial charge in [-0.2, -0.15) is 10.1 Å². The molecule has 0 atom stereocenters. The number of ether oxygens (including phenoxy) is 2. The predicted octanol–water partition coefficient (Wildman–Crippen LogP) is 2.37. The summed E-state index contributed by atoms with van der Waals surface area (Å²) in [5.74, 6) is 0.496. The summed E-state index contributed by atoms with van der Waals surface area (Å²) in [6, 6.07) is 7.41. The first-order valence-corrected chi connectivity index (χ1v) is 7.31. The Morgan fingerprint density at radius 1 is 1.36 bits per heavy atom. The second kappa shape index (κ2) is 7.86. The lowest BCUT2D eigenvalue weighted by Gasteiger charge is -2.07. The molecule has 0 amide bonds. The van der Waals surface area contributed by atoms with Gasteiger partial charge in [-0.25, -0.2) is 14.4 Å². The van der Waals surface area contributed by atoms with Crippen LogP contribution in [-0.2, 0) is 6.61 Å². The second-order valence-corrected chi connectivity index (χ2v) is 4.83. The predicted molar refractivity (Wildman–Crippen MR) is 89.1 cm³/mol. The molecule has 2 N–H and O–H groups in total. The molecule has 3 aromatic rings. The number of methoxy groups -OCH3 is 1. The van der Waals surface area contributed by atoms with Gasteiger partial charge in [0.2, 0.25) is 0 Å². The van der Waals surface area contributed by atoms with Crippen LogP contribution in [0.1, 0.15) is 11.4 Å². The number of nitrogens with zero attached hydrogens (tertiary/aromatic N) is 4. The van der Waals surface area contributed by atoms with E-state index in [2.05, 4.69) is 30.5 Å². The van der Waals surface area contributed by atoms with Gasteiger partial charge in [0.1, 0.15) is 18.2 Å². The molecule has 0 bridgehead atoms. The van der Waals surface area contributed by atoms with E-state index in [4.69, 9.17) is 9.47 Å². The standard InChI is InChI=1S/C16H15FN6O2/c1-24-12-4-2-3-11(7-12)10-25-16-20-8-13(17)15(22-16)23-21-9-14-18-5-6-19-14/h2-9H,10H2,1H3,(H,18,19)(H,20,22,23)/b21-9+. The van der Waals surface area contributed by atoms with Crippen LogP contribution in [-0.4, -0.2) is 33.3 Å². The SMILES string of the molecule is COc1cccc(COc2ncc(F)c(N/N=C/c3ncc[nH]3)n2)c1. The van der Waals surface area contributed by atoms with E-state index in [0.29, 0.717) is 5.82 Å². The maximum Gasteiger partial charge on any atom is 0.318 e. The van der Waals surface area contributed by atoms with Gasteiger partial charge < -0.3 is 14.5 Å². The smallest absolute Gasteiger partial charge is 0.318 e. The van der Waals surface area contributed by atoms with Crippen molar-refractivity contribution >= 4 is 12.0 Å². The molecule has 0 aliphatic carbocycles. The van der Waals surface area contributed by atoms with Crippen molar-refractivity contribution < 1.29 is 13.9 Å². The molecule has 0 spiro atoms. The van der Waals surface area contributed by atoms with Crippen molar-refractivity contribution in [3.05, 3.63) is 60.1 Å². The van der Waals surface area contributed by atoms with Gasteiger partial charge in [-0.05, 0) is 17.7 Å². The third kappa shape index (κ3) is 4.50. The fourth-order valence-corrected chi connectivity index (χ4v) is 1.91. The van der Waals surface area contributed by atoms with Gasteiger partial charge >= 0.3 is 6.01 Å². The minimum Gasteiger partial charge on any atom is -0.497 e. The average molecular weight is 342 g/mol. The summed E-state index contributed by atoms with van der Waals surface area (Å²) in [6.07, 6.45) is 5.64. The number of hydrazone groups is 1. The summed E-state index contributed by atoms with van der Waals surface area (Å²) in [5, 5.41) is 3.86. The lowest BCUT2D eigenvalue weighted by molar-refractivity contribution is 0.279. The molecule has 2 aromatic heterocycles. The molecule has 128 valence electrons. The number of hydrogen-bond donors (Lipinski definition) is 2. The fraction of sp³-hybridized carbons (Fsp3) is 0.125. The second-order valence-electron chi connectivity index (χ2n) is 4.83. The van der Waals surface area contributed by atoms with Crippen LogP contribution >= 0.6 is 0 Å². The zero-order valence-corrected chi connectivity index (χ0v) is 13.3. The number of aromatic nitrogens is 4. The first kappa shape index (κ1) is 16.4. The molecule has 3 rings (SSSR count). The third-order valence-corrected chi connectivity index (χ3v) is 3.10. The Kier molecular flexibility index (Phi) is 5.15. The summed E-state index contributed by atoms with van der Waals surface area (Å²) in [7, 11) is 1.59. The molecule has 0 radical (unpaired) electrons. The highest BCUT2D eigenvalue weighted by Crippen LogP contribution is 2.16. The van der Waals surface area contributed by atoms with Crippen molar-refractivity contribution in [3.63, 3.8) is 0 Å². The highest BCUT2D eigenvalue weighted by Gasteiger charge is 2.08. The number of hydrogen-bond acceptors (Lipinski definition) is 7. The van der Waals surface area contributed by atoms with Gasteiger partial charge in [-0.3, -0.25) is 5.43 Å². The van der Waals surface area contributed by atoms with Crippen LogP contribution in [0.5, 0.6) is 11.8 Å². The van der Waals surface area contributed by atoms with Gasteiger partial charge in [0.25, 0.3) is 0 Å². The van der Waals surface area contributed by atoms with Crippen LogP contribution in [0, 0.1) is 5.82 Å². The molecule has 0 aliphatic rings. The van der Waals surface area contributed by atoms with Crippen molar-refractivity contribution in [2.45, 2.75) is 6.61 Å². The van der Waals surface area contributed by atoms with E-state index in [0.717, 1.165) is 17.5 Å². The van der Waals surface area contributed by atoms with Crippen molar-refractivity contribution in [2.75, 3.05) is 12.5 Å². The molecular formula is C16H15FN6O2. The van der Waals surface area contributed by atoms with Crippen molar-refractivity contribution in [3.8, 4) is 11.8 Å². The van der Waals surface area contributed by atoms with Gasteiger partial charge in [0.05, 0.1) is 19.5 Å². The minimum absolute atomic E-state index is 0.0277. The molecule has 0 saturated heterocycles. The van der Waals surface area contributed by atoms with E-state index in [9.17, 15) is 4.39 Å². The number of H-pyrrole nitrogens is 1. The van der Waals surface area contributed by atoms with Crippen molar-refractivity contribution in [2.24, 2.45) is 5.10 Å². The lowest BCUT2D eigenvalue weighted by atomic mass is 10.2. The van der Waals surface area contributed by atoms with Crippen LogP contribution in [0.2, 0.25) is 0 Å². The summed E-state index contributed by atoms with van der Waals surface area (Å²) >= 11 is 0. The first-order valence-electron chi connectivity index (χ1n) is 7.31. The maximum atomic E-state index is 13.7. The molecule has 25 heavy (non-hydrogen) atoms. The van der Waals surface area contributed by atoms with E-state index < -0.39 is 5.82 Å². The number of nitrogens with one attached hydrogen (secondary N) is 2. The van der Waals surface area contributed by atoms with Crippen LogP contribution in [0.3, 0.4) is 0 Å². The largest absolute Gasteiger partial charge is 0.497 e. The van der Waals surface area contributed by atoms with Crippen LogP contribution < -0.4 is 14.9 Å². The van der Waals surface area contributed by atoms with Gasteiger partial charge in [-0.1, -0.05) is 12.1 Å². The molecule has 9 heteroatoms. The molecule has 8 nitrogen and oxygen atoms in total. The monoisotopic (exact) mass is 342 g/mol. The molecule has 1 aromatic carbocycles. The average Bonchev–Trinajstić information content (AvgIpc) is 3.16. The molecule has 0 saturated carbocycles. The number of aromatic amines is 1. The van der Waals surface area contributed by atoms with E-state index in [1.807, 2.05) is 24.3 Å². The van der Waals surface area contributed by atoms with Crippen molar-refractivity contribution in [1.82, 2.24) is 19.9 Å². The zero-order chi connectivity index (χ0) is 17.5. The van der Waals surface area contributed by atoms with E-state index in [1.54, 1.807) is 19.5 Å². The number of benzene rings is 1. The van der Waals surface area contributed by atoms with Crippen LogP contribution in [0.15, 0.2) is 48.0 Å². The number of imidazole rings is 1. The Morgan fingerprint density at radius 3 is 3.08 bits per heavy atom. The first-order chi connectivity index (χ1) is 12.2. The quantitative estimate of drug-likeness (QED) is 0.505. The van der Waals surface area contributed by atoms with Crippen LogP contribution in [0.25, 0.3) is 0 Å². The molecule has 2 heterocycles. The van der Waals surface area contributed by atoms with E-state index >= 15 is 0 Å². The number of rotatable bonds is 7. The zero-order valence-electron chi connectivity index (χ0n) is 13.3. The topological polar surface area (TPSA) is 97.3 Å². The van der Waals surface area contributed by atoms with Crippen molar-refractivity contribution in [1.29, 1.82) is 0 Å². The molecular weight excluding hydrogens is 327 g/mol. The number of anilines is 1. The maximum absolute atomic E-state index is 13.7. The fourth-order valence-electron chi connectivity index (χ4n) is 1.91. The molecule has 0 unspecified atom stereocenters. The molecule has 0 aliphatic heterocycles. The van der Waals surface area contributed by atoms with Gasteiger partial charge in [-0.15, -0.1) is 0 Å². The summed E-state index contributed by atoms with van der Waals surface area (Å²) < 4.78 is 24.4. The summed E-state index contributed by atoms with van der Waals surface area (Å²) in [4.78, 5) is 14.6. The number of halogens is 1. The van der Waals surface area contributed by atoms with E-state index in [-0.39, 0.29) is 18.4 Å². The minimum atomic E-state index is -0.648. The Labute approximate surface area is 142 Å². The van der Waals surface area contributed by atoms with Crippen LogP contribution in [0.4, 0.5) is 10.2 Å². The van der Waals surface area contributed by atoms with E-state index in [1.165, 1.54) is 6.21 Å². The summed E-state index contributed by atoms with van der Waals surface area (Å²) in [5.41, 5.74) is 3.36. The van der Waals surface area contributed by atoms with Gasteiger partial charge in [0, 0.05) is 12.4 Å². The Morgan fingerprint density at radius 2 is 2.28 bits per heavy atom. The Balaban J connectivity index is 1.64. The Hall–Kier alpha value is -3.49. The summed E-state index contributed by atoms with van der Waals surface area (Å²) in [6.45, 7) is 0.220. The normalized spacial score (nSPS) is 10.8. The highest BCUT2D eigenvalue weighted by atomic mass is 19.1.